The summed E-state index contributed by atoms with van der Waals surface area (Å²) in [6, 6.07) is 16.9. The molecule has 3 rings (SSSR count). The van der Waals surface area contributed by atoms with Crippen molar-refractivity contribution in [1.82, 2.24) is 0 Å². The third-order valence-corrected chi connectivity index (χ3v) is 4.66. The minimum Gasteiger partial charge on any atom is -1.00 e. The van der Waals surface area contributed by atoms with Crippen LogP contribution in [0.2, 0.25) is 0 Å². The Hall–Kier alpha value is -1.57. The average molecular weight is 306 g/mol. The smallest absolute Gasteiger partial charge is 1.00 e. The summed E-state index contributed by atoms with van der Waals surface area (Å²) in [5, 5.41) is 3.61. The zero-order valence-corrected chi connectivity index (χ0v) is 13.1. The van der Waals surface area contributed by atoms with Crippen LogP contribution in [0.15, 0.2) is 72.1 Å². The molecule has 0 fully saturated rings. The maximum atomic E-state index is 12.3. The molecule has 22 heavy (non-hydrogen) atoms. The van der Waals surface area contributed by atoms with Crippen molar-refractivity contribution in [1.29, 1.82) is 0 Å². The van der Waals surface area contributed by atoms with Gasteiger partial charge in [-0.2, -0.15) is 8.42 Å². The monoisotopic (exact) mass is 306 g/mol. The van der Waals surface area contributed by atoms with Crippen molar-refractivity contribution in [3.63, 3.8) is 0 Å². The van der Waals surface area contributed by atoms with Crippen molar-refractivity contribution in [3.05, 3.63) is 67.3 Å². The van der Waals surface area contributed by atoms with E-state index in [2.05, 4.69) is 6.58 Å². The van der Waals surface area contributed by atoms with Crippen LogP contribution in [0.5, 0.6) is 0 Å². The van der Waals surface area contributed by atoms with Gasteiger partial charge >= 0.3 is 18.9 Å². The minimum absolute atomic E-state index is 0. The Labute approximate surface area is 143 Å². The van der Waals surface area contributed by atoms with Gasteiger partial charge in [-0.05, 0) is 34.4 Å². The predicted molar refractivity (Wildman–Crippen MR) is 85.9 cm³/mol. The van der Waals surface area contributed by atoms with Crippen LogP contribution in [0.25, 0.3) is 21.5 Å². The normalized spacial score (nSPS) is 11.3. The molecule has 0 heterocycles. The van der Waals surface area contributed by atoms with Gasteiger partial charge in [0, 0.05) is 5.39 Å². The summed E-state index contributed by atoms with van der Waals surface area (Å²) in [6.45, 7) is 3.44. The Kier molecular flexibility index (Phi) is 5.10. The van der Waals surface area contributed by atoms with Crippen molar-refractivity contribution in [3.8, 4) is 0 Å². The van der Waals surface area contributed by atoms with Crippen LogP contribution in [0.4, 0.5) is 0 Å². The minimum atomic E-state index is -3.79. The molecule has 0 radical (unpaired) electrons. The Morgan fingerprint density at radius 2 is 1.64 bits per heavy atom. The molecule has 5 heteroatoms. The Morgan fingerprint density at radius 1 is 1.00 bits per heavy atom. The van der Waals surface area contributed by atoms with E-state index < -0.39 is 10.1 Å². The molecule has 108 valence electrons. The van der Waals surface area contributed by atoms with Gasteiger partial charge < -0.3 is 1.43 Å². The standard InChI is InChI=1S/C17H14O3S.Li.H/c1-2-10-20-21(18,19)17-9-5-8-15-11-13-6-3-4-7-14(13)12-16(15)17;;/h2-9,11-12H,1,10H2;;/q;+1;-1. The second-order valence-corrected chi connectivity index (χ2v) is 6.29. The second kappa shape index (κ2) is 6.68. The largest absolute Gasteiger partial charge is 1.00 e. The van der Waals surface area contributed by atoms with Crippen molar-refractivity contribution >= 4 is 31.7 Å². The maximum Gasteiger partial charge on any atom is 1.00 e. The van der Waals surface area contributed by atoms with Gasteiger partial charge in [-0.25, -0.2) is 0 Å². The number of hydrogen-bond acceptors (Lipinski definition) is 3. The Balaban J connectivity index is 0.00000132. The van der Waals surface area contributed by atoms with Crippen molar-refractivity contribution in [2.75, 3.05) is 6.61 Å². The fourth-order valence-corrected chi connectivity index (χ4v) is 3.45. The van der Waals surface area contributed by atoms with E-state index in [1.54, 1.807) is 12.1 Å². The van der Waals surface area contributed by atoms with Gasteiger partial charge in [0.05, 0.1) is 6.61 Å². The van der Waals surface area contributed by atoms with Gasteiger partial charge in [0.2, 0.25) is 0 Å². The summed E-state index contributed by atoms with van der Waals surface area (Å²) in [4.78, 5) is 0.188. The summed E-state index contributed by atoms with van der Waals surface area (Å²) < 4.78 is 29.5. The predicted octanol–water partition coefficient (Wildman–Crippen LogP) is 1.00. The van der Waals surface area contributed by atoms with Gasteiger partial charge in [-0.15, -0.1) is 6.58 Å². The molecule has 0 amide bonds. The summed E-state index contributed by atoms with van der Waals surface area (Å²) >= 11 is 0. The third kappa shape index (κ3) is 3.11. The first-order valence-corrected chi connectivity index (χ1v) is 7.94. The van der Waals surface area contributed by atoms with Crippen LogP contribution in [0.1, 0.15) is 1.43 Å². The number of fused-ring (bicyclic) bond motifs is 2. The molecule has 0 aliphatic carbocycles. The molecule has 0 bridgehead atoms. The van der Waals surface area contributed by atoms with Gasteiger partial charge in [0.25, 0.3) is 10.1 Å². The quantitative estimate of drug-likeness (QED) is 0.313. The molecule has 0 aromatic heterocycles. The molecule has 3 nitrogen and oxygen atoms in total. The topological polar surface area (TPSA) is 43.4 Å². The molecule has 0 atom stereocenters. The van der Waals surface area contributed by atoms with Gasteiger partial charge in [-0.1, -0.05) is 42.5 Å². The van der Waals surface area contributed by atoms with E-state index in [1.807, 2.05) is 42.5 Å². The summed E-state index contributed by atoms with van der Waals surface area (Å²) in [5.41, 5.74) is 0. The molecule has 0 spiro atoms. The molecule has 0 aliphatic rings. The van der Waals surface area contributed by atoms with Gasteiger partial charge in [0.1, 0.15) is 4.90 Å². The zero-order chi connectivity index (χ0) is 14.9. The van der Waals surface area contributed by atoms with E-state index in [0.717, 1.165) is 16.2 Å². The van der Waals surface area contributed by atoms with Crippen LogP contribution < -0.4 is 18.9 Å². The van der Waals surface area contributed by atoms with E-state index in [-0.39, 0.29) is 31.8 Å². The fourth-order valence-electron chi connectivity index (χ4n) is 2.36. The third-order valence-electron chi connectivity index (χ3n) is 3.32. The molecule has 0 aliphatic heterocycles. The first kappa shape index (κ1) is 16.8. The fraction of sp³-hybridized carbons (Fsp3) is 0.0588. The van der Waals surface area contributed by atoms with Crippen LogP contribution >= 0.6 is 0 Å². The van der Waals surface area contributed by atoms with E-state index >= 15 is 0 Å². The van der Waals surface area contributed by atoms with Crippen LogP contribution in [0.3, 0.4) is 0 Å². The Morgan fingerprint density at radius 3 is 2.32 bits per heavy atom. The van der Waals surface area contributed by atoms with Crippen LogP contribution in [-0.4, -0.2) is 15.0 Å². The Bertz CT molecular complexity index is 939. The first-order valence-electron chi connectivity index (χ1n) is 6.54. The number of benzene rings is 3. The maximum absolute atomic E-state index is 12.3. The van der Waals surface area contributed by atoms with Gasteiger partial charge in [-0.3, -0.25) is 4.18 Å². The van der Waals surface area contributed by atoms with Crippen LogP contribution in [-0.2, 0) is 14.3 Å². The molecular formula is C17H15LiO3S. The first-order chi connectivity index (χ1) is 10.1. The summed E-state index contributed by atoms with van der Waals surface area (Å²) in [5.74, 6) is 0. The van der Waals surface area contributed by atoms with Crippen molar-refractivity contribution < 1.29 is 32.9 Å². The van der Waals surface area contributed by atoms with E-state index in [0.29, 0.717) is 5.39 Å². The average Bonchev–Trinajstić information content (AvgIpc) is 2.50. The molecule has 3 aromatic rings. The van der Waals surface area contributed by atoms with E-state index in [1.165, 1.54) is 6.08 Å². The molecular weight excluding hydrogens is 291 g/mol. The number of hydrogen-bond donors (Lipinski definition) is 0. The molecule has 0 unspecified atom stereocenters. The second-order valence-electron chi connectivity index (χ2n) is 4.70. The van der Waals surface area contributed by atoms with E-state index in [9.17, 15) is 8.42 Å². The van der Waals surface area contributed by atoms with Crippen molar-refractivity contribution in [2.24, 2.45) is 0 Å². The molecule has 0 N–H and O–H groups in total. The molecule has 3 aromatic carbocycles. The number of rotatable bonds is 4. The SMILES string of the molecule is C=CCOS(=O)(=O)c1cccc2cc3ccccc3cc12.[H-].[Li+]. The summed E-state index contributed by atoms with van der Waals surface area (Å²) in [7, 11) is -3.79. The summed E-state index contributed by atoms with van der Waals surface area (Å²) in [6.07, 6.45) is 1.41. The van der Waals surface area contributed by atoms with Crippen LogP contribution in [0, 0.1) is 0 Å². The molecule has 0 saturated carbocycles. The zero-order valence-electron chi connectivity index (χ0n) is 13.3. The van der Waals surface area contributed by atoms with Gasteiger partial charge in [0.15, 0.2) is 0 Å². The van der Waals surface area contributed by atoms with Crippen molar-refractivity contribution in [2.45, 2.75) is 4.90 Å². The molecule has 0 saturated heterocycles. The van der Waals surface area contributed by atoms with E-state index in [4.69, 9.17) is 4.18 Å².